The number of nitrogens with zero attached hydrogens (tertiary/aromatic N) is 3. The molecule has 4 rings (SSSR count). The molecule has 1 aromatic rings. The quantitative estimate of drug-likeness (QED) is 0.789. The van der Waals surface area contributed by atoms with Crippen LogP contribution in [-0.2, 0) is 16.0 Å². The Morgan fingerprint density at radius 1 is 1.33 bits per heavy atom. The lowest BCUT2D eigenvalue weighted by molar-refractivity contribution is -0.122. The molecule has 0 radical (unpaired) electrons. The van der Waals surface area contributed by atoms with Gasteiger partial charge in [0.25, 0.3) is 0 Å². The molecule has 148 valence electrons. The summed E-state index contributed by atoms with van der Waals surface area (Å²) in [6.45, 7) is 6.49. The maximum atomic E-state index is 11.7. The fourth-order valence-electron chi connectivity index (χ4n) is 4.66. The van der Waals surface area contributed by atoms with Gasteiger partial charge in [-0.05, 0) is 49.9 Å². The zero-order chi connectivity index (χ0) is 19.0. The van der Waals surface area contributed by atoms with E-state index < -0.39 is 0 Å². The topological polar surface area (TPSA) is 93.4 Å². The summed E-state index contributed by atoms with van der Waals surface area (Å²) in [5, 5.41) is 3.15. The first-order valence-electron chi connectivity index (χ1n) is 10.3. The van der Waals surface area contributed by atoms with Crippen LogP contribution in [-0.4, -0.2) is 47.7 Å². The molecule has 7 heteroatoms. The van der Waals surface area contributed by atoms with Gasteiger partial charge in [0.1, 0.15) is 5.82 Å². The largest absolute Gasteiger partial charge is 0.376 e. The predicted molar refractivity (Wildman–Crippen MR) is 104 cm³/mol. The molecular formula is C20H31N5O2. The maximum Gasteiger partial charge on any atom is 0.221 e. The first-order chi connectivity index (χ1) is 13.0. The van der Waals surface area contributed by atoms with E-state index in [-0.39, 0.29) is 18.1 Å². The number of carbonyl (C=O) groups excluding carboxylic acids is 1. The van der Waals surface area contributed by atoms with Crippen LogP contribution in [0.1, 0.15) is 45.1 Å². The number of fused-ring (bicyclic) bond motifs is 1. The lowest BCUT2D eigenvalue weighted by Gasteiger charge is -2.38. The Morgan fingerprint density at radius 2 is 2.07 bits per heavy atom. The third kappa shape index (κ3) is 4.18. The molecule has 1 amide bonds. The Hall–Kier alpha value is -1.89. The van der Waals surface area contributed by atoms with Crippen LogP contribution in [0.15, 0.2) is 6.20 Å². The number of hydrogen-bond acceptors (Lipinski definition) is 6. The second-order valence-corrected chi connectivity index (χ2v) is 8.45. The molecule has 0 bridgehead atoms. The summed E-state index contributed by atoms with van der Waals surface area (Å²) in [7, 11) is 0. The minimum atomic E-state index is 0.0326. The molecule has 0 unspecified atom stereocenters. The van der Waals surface area contributed by atoms with Crippen molar-refractivity contribution in [2.45, 2.75) is 58.1 Å². The van der Waals surface area contributed by atoms with Gasteiger partial charge in [-0.3, -0.25) is 4.79 Å². The van der Waals surface area contributed by atoms with Gasteiger partial charge in [-0.25, -0.2) is 4.98 Å². The van der Waals surface area contributed by atoms with Crippen LogP contribution in [0.2, 0.25) is 0 Å². The van der Waals surface area contributed by atoms with Crippen LogP contribution in [0.3, 0.4) is 0 Å². The number of rotatable bonds is 6. The van der Waals surface area contributed by atoms with Gasteiger partial charge in [-0.1, -0.05) is 6.92 Å². The second kappa shape index (κ2) is 7.62. The first-order valence-corrected chi connectivity index (χ1v) is 10.3. The van der Waals surface area contributed by atoms with Crippen LogP contribution in [0.5, 0.6) is 0 Å². The van der Waals surface area contributed by atoms with Gasteiger partial charge in [0, 0.05) is 38.4 Å². The average Bonchev–Trinajstić information content (AvgIpc) is 3.37. The summed E-state index contributed by atoms with van der Waals surface area (Å²) in [5.74, 6) is 3.19. The number of hydrogen-bond donors (Lipinski definition) is 2. The summed E-state index contributed by atoms with van der Waals surface area (Å²) < 4.78 is 6.25. The van der Waals surface area contributed by atoms with Crippen LogP contribution in [0.4, 0.5) is 11.8 Å². The van der Waals surface area contributed by atoms with Crippen molar-refractivity contribution < 1.29 is 9.53 Å². The van der Waals surface area contributed by atoms with E-state index in [1.807, 2.05) is 6.20 Å². The van der Waals surface area contributed by atoms with Crippen LogP contribution >= 0.6 is 0 Å². The van der Waals surface area contributed by atoms with Crippen molar-refractivity contribution in [3.8, 4) is 0 Å². The number of aromatic nitrogens is 2. The van der Waals surface area contributed by atoms with Gasteiger partial charge in [-0.2, -0.15) is 4.98 Å². The fraction of sp³-hybridized carbons (Fsp3) is 0.750. The van der Waals surface area contributed by atoms with Crippen molar-refractivity contribution in [2.75, 3.05) is 30.3 Å². The van der Waals surface area contributed by atoms with E-state index in [2.05, 4.69) is 27.1 Å². The zero-order valence-corrected chi connectivity index (χ0v) is 16.4. The van der Waals surface area contributed by atoms with Gasteiger partial charge in [0.05, 0.1) is 12.1 Å². The molecule has 1 aliphatic heterocycles. The number of aryl methyl sites for hydroxylation is 1. The number of nitrogens with one attached hydrogen (secondary N) is 1. The lowest BCUT2D eigenvalue weighted by atomic mass is 9.77. The van der Waals surface area contributed by atoms with Crippen LogP contribution in [0, 0.1) is 17.8 Å². The molecule has 7 nitrogen and oxygen atoms in total. The van der Waals surface area contributed by atoms with Gasteiger partial charge in [0.2, 0.25) is 11.9 Å². The molecule has 1 aromatic heterocycles. The summed E-state index contributed by atoms with van der Waals surface area (Å²) in [5.41, 5.74) is 6.99. The highest BCUT2D eigenvalue weighted by Crippen LogP contribution is 2.40. The van der Waals surface area contributed by atoms with Crippen molar-refractivity contribution in [1.29, 1.82) is 0 Å². The minimum Gasteiger partial charge on any atom is -0.376 e. The molecule has 0 aromatic carbocycles. The van der Waals surface area contributed by atoms with E-state index in [1.165, 1.54) is 12.8 Å². The molecule has 2 saturated carbocycles. The highest BCUT2D eigenvalue weighted by atomic mass is 16.5. The summed E-state index contributed by atoms with van der Waals surface area (Å²) >= 11 is 0. The molecule has 3 fully saturated rings. The molecule has 2 heterocycles. The van der Waals surface area contributed by atoms with Gasteiger partial charge >= 0.3 is 0 Å². The highest BCUT2D eigenvalue weighted by Gasteiger charge is 2.44. The Morgan fingerprint density at radius 3 is 2.74 bits per heavy atom. The van der Waals surface area contributed by atoms with Crippen molar-refractivity contribution in [1.82, 2.24) is 15.3 Å². The number of nitrogens with two attached hydrogens (primary N) is 1. The third-order valence-electron chi connectivity index (χ3n) is 6.29. The zero-order valence-electron chi connectivity index (χ0n) is 16.4. The van der Waals surface area contributed by atoms with Crippen molar-refractivity contribution >= 4 is 17.7 Å². The number of anilines is 2. The molecular weight excluding hydrogens is 342 g/mol. The average molecular weight is 374 g/mol. The van der Waals surface area contributed by atoms with E-state index in [4.69, 9.17) is 10.5 Å². The van der Waals surface area contributed by atoms with E-state index in [0.29, 0.717) is 17.8 Å². The minimum absolute atomic E-state index is 0.0326. The molecule has 1 saturated heterocycles. The smallest absolute Gasteiger partial charge is 0.221 e. The summed E-state index contributed by atoms with van der Waals surface area (Å²) in [6, 6.07) is 0.114. The number of nitrogen functional groups attached to an aromatic ring is 1. The second-order valence-electron chi connectivity index (χ2n) is 8.45. The van der Waals surface area contributed by atoms with Crippen molar-refractivity contribution in [3.05, 3.63) is 11.8 Å². The lowest BCUT2D eigenvalue weighted by Crippen LogP contribution is -2.50. The normalized spacial score (nSPS) is 30.2. The summed E-state index contributed by atoms with van der Waals surface area (Å²) in [4.78, 5) is 22.7. The molecule has 27 heavy (non-hydrogen) atoms. The summed E-state index contributed by atoms with van der Waals surface area (Å²) in [6.07, 6.45) is 7.40. The number of carbonyl (C=O) groups is 1. The maximum absolute atomic E-state index is 11.7. The third-order valence-corrected chi connectivity index (χ3v) is 6.29. The van der Waals surface area contributed by atoms with E-state index >= 15 is 0 Å². The fourth-order valence-corrected chi connectivity index (χ4v) is 4.66. The van der Waals surface area contributed by atoms with E-state index in [9.17, 15) is 4.79 Å². The van der Waals surface area contributed by atoms with E-state index in [1.54, 1.807) is 6.92 Å². The Labute approximate surface area is 161 Å². The number of ether oxygens (including phenoxy) is 1. The standard InChI is InChI=1S/C20H31N5O2/c1-3-14-8-22-20(21)24-19(14)25-9-15-6-17(23-12(2)26)18(7-16(15)10-25)27-11-13-4-5-13/h8,13,15-18H,3-7,9-11H2,1-2H3,(H,23,26)(H2,21,22,24)/t15-,16+,17-,18-/m1/s1. The van der Waals surface area contributed by atoms with Gasteiger partial charge < -0.3 is 20.7 Å². The molecule has 0 spiro atoms. The van der Waals surface area contributed by atoms with E-state index in [0.717, 1.165) is 56.3 Å². The first kappa shape index (κ1) is 18.5. The Kier molecular flexibility index (Phi) is 5.21. The Balaban J connectivity index is 1.48. The molecule has 4 atom stereocenters. The molecule has 3 N–H and O–H groups in total. The predicted octanol–water partition coefficient (Wildman–Crippen LogP) is 1.77. The van der Waals surface area contributed by atoms with Crippen molar-refractivity contribution in [3.63, 3.8) is 0 Å². The molecule has 3 aliphatic rings. The SMILES string of the molecule is CCc1cnc(N)nc1N1C[C@H]2C[C@@H](NC(C)=O)[C@H](OCC3CC3)C[C@H]2C1. The van der Waals surface area contributed by atoms with Crippen LogP contribution < -0.4 is 16.0 Å². The monoisotopic (exact) mass is 373 g/mol. The van der Waals surface area contributed by atoms with Crippen molar-refractivity contribution in [2.24, 2.45) is 17.8 Å². The number of amides is 1. The molecule has 2 aliphatic carbocycles. The highest BCUT2D eigenvalue weighted by molar-refractivity contribution is 5.73. The van der Waals surface area contributed by atoms with Gasteiger partial charge in [-0.15, -0.1) is 0 Å². The Bertz CT molecular complexity index is 693. The van der Waals surface area contributed by atoms with Crippen LogP contribution in [0.25, 0.3) is 0 Å². The van der Waals surface area contributed by atoms with Gasteiger partial charge in [0.15, 0.2) is 0 Å².